The molecule has 0 aromatic heterocycles. The molecule has 15 heavy (non-hydrogen) atoms. The summed E-state index contributed by atoms with van der Waals surface area (Å²) in [6, 6.07) is -0.782. The van der Waals surface area contributed by atoms with Gasteiger partial charge in [-0.05, 0) is 12.1 Å². The second-order valence-corrected chi connectivity index (χ2v) is 3.76. The fourth-order valence-corrected chi connectivity index (χ4v) is 1.46. The first-order chi connectivity index (χ1) is 6.73. The van der Waals surface area contributed by atoms with E-state index >= 15 is 0 Å². The molecule has 7 heteroatoms. The van der Waals surface area contributed by atoms with Gasteiger partial charge in [-0.25, -0.2) is 4.39 Å². The molecular formula is C8H6BrF4NO. The Bertz CT molecular complexity index is 356. The molecular weight excluding hydrogens is 282 g/mol. The summed E-state index contributed by atoms with van der Waals surface area (Å²) >= 11 is 2.82. The van der Waals surface area contributed by atoms with Crippen LogP contribution in [0.25, 0.3) is 0 Å². The number of aromatic hydroxyl groups is 1. The van der Waals surface area contributed by atoms with Crippen molar-refractivity contribution >= 4 is 15.9 Å². The summed E-state index contributed by atoms with van der Waals surface area (Å²) in [5.41, 5.74) is 3.83. The predicted octanol–water partition coefficient (Wildman–Crippen LogP) is 2.86. The highest BCUT2D eigenvalue weighted by atomic mass is 79.9. The van der Waals surface area contributed by atoms with E-state index in [-0.39, 0.29) is 4.47 Å². The molecule has 0 saturated carbocycles. The molecule has 0 spiro atoms. The number of hydrogen-bond donors (Lipinski definition) is 2. The summed E-state index contributed by atoms with van der Waals surface area (Å²) in [4.78, 5) is 0. The third kappa shape index (κ3) is 2.60. The summed E-state index contributed by atoms with van der Waals surface area (Å²) in [7, 11) is 0. The van der Waals surface area contributed by atoms with Gasteiger partial charge in [0, 0.05) is 4.47 Å². The maximum absolute atomic E-state index is 13.1. The Hall–Kier alpha value is -0.820. The molecule has 1 aromatic carbocycles. The molecule has 0 aliphatic heterocycles. The number of alkyl halides is 3. The van der Waals surface area contributed by atoms with Crippen molar-refractivity contribution in [3.8, 4) is 5.75 Å². The average Bonchev–Trinajstić information content (AvgIpc) is 1.99. The van der Waals surface area contributed by atoms with E-state index in [0.717, 1.165) is 12.1 Å². The quantitative estimate of drug-likeness (QED) is 0.780. The van der Waals surface area contributed by atoms with Crippen LogP contribution < -0.4 is 5.73 Å². The molecule has 0 bridgehead atoms. The lowest BCUT2D eigenvalue weighted by Gasteiger charge is -2.17. The summed E-state index contributed by atoms with van der Waals surface area (Å²) in [6.45, 7) is 0. The molecule has 1 aromatic rings. The number of hydrogen-bond acceptors (Lipinski definition) is 2. The molecule has 0 unspecified atom stereocenters. The van der Waals surface area contributed by atoms with Crippen molar-refractivity contribution in [3.63, 3.8) is 0 Å². The maximum Gasteiger partial charge on any atom is 0.407 e. The van der Waals surface area contributed by atoms with Crippen LogP contribution >= 0.6 is 15.9 Å². The summed E-state index contributed by atoms with van der Waals surface area (Å²) in [5.74, 6) is -2.03. The lowest BCUT2D eigenvalue weighted by atomic mass is 10.1. The van der Waals surface area contributed by atoms with Gasteiger partial charge in [-0.2, -0.15) is 13.2 Å². The van der Waals surface area contributed by atoms with Crippen LogP contribution in [0.4, 0.5) is 17.6 Å². The number of nitrogens with two attached hydrogens (primary N) is 1. The number of phenols is 1. The van der Waals surface area contributed by atoms with E-state index in [1.807, 2.05) is 0 Å². The third-order valence-electron chi connectivity index (χ3n) is 1.74. The van der Waals surface area contributed by atoms with Crippen molar-refractivity contribution in [2.24, 2.45) is 5.73 Å². The van der Waals surface area contributed by atoms with Gasteiger partial charge in [0.15, 0.2) is 0 Å². The molecule has 0 aliphatic carbocycles. The third-order valence-corrected chi connectivity index (χ3v) is 2.19. The first-order valence-electron chi connectivity index (χ1n) is 3.73. The molecule has 2 nitrogen and oxygen atoms in total. The van der Waals surface area contributed by atoms with Gasteiger partial charge in [0.25, 0.3) is 0 Å². The number of halogens is 5. The Morgan fingerprint density at radius 3 is 2.27 bits per heavy atom. The van der Waals surface area contributed by atoms with Crippen molar-refractivity contribution in [1.29, 1.82) is 0 Å². The minimum Gasteiger partial charge on any atom is -0.507 e. The fraction of sp³-hybridized carbons (Fsp3) is 0.250. The van der Waals surface area contributed by atoms with Gasteiger partial charge in [0.1, 0.15) is 17.6 Å². The Labute approximate surface area is 90.8 Å². The highest BCUT2D eigenvalue weighted by Gasteiger charge is 2.40. The van der Waals surface area contributed by atoms with Crippen molar-refractivity contribution in [3.05, 3.63) is 28.0 Å². The molecule has 0 aliphatic rings. The average molecular weight is 288 g/mol. The topological polar surface area (TPSA) is 46.2 Å². The van der Waals surface area contributed by atoms with Gasteiger partial charge >= 0.3 is 6.18 Å². The normalized spacial score (nSPS) is 14.0. The van der Waals surface area contributed by atoms with E-state index in [9.17, 15) is 17.6 Å². The van der Waals surface area contributed by atoms with Crippen molar-refractivity contribution in [2.75, 3.05) is 0 Å². The Morgan fingerprint density at radius 1 is 1.33 bits per heavy atom. The first kappa shape index (κ1) is 12.3. The lowest BCUT2D eigenvalue weighted by molar-refractivity contribution is -0.150. The van der Waals surface area contributed by atoms with E-state index in [1.165, 1.54) is 0 Å². The summed E-state index contributed by atoms with van der Waals surface area (Å²) in [6.07, 6.45) is -4.80. The van der Waals surface area contributed by atoms with Crippen LogP contribution in [0, 0.1) is 5.82 Å². The molecule has 0 radical (unpaired) electrons. The molecule has 0 fully saturated rings. The van der Waals surface area contributed by atoms with E-state index in [0.29, 0.717) is 0 Å². The molecule has 1 rings (SSSR count). The van der Waals surface area contributed by atoms with Gasteiger partial charge in [-0.15, -0.1) is 0 Å². The van der Waals surface area contributed by atoms with E-state index in [1.54, 1.807) is 0 Å². The van der Waals surface area contributed by atoms with Crippen LogP contribution in [0.5, 0.6) is 5.75 Å². The van der Waals surface area contributed by atoms with Crippen molar-refractivity contribution < 1.29 is 22.7 Å². The minimum absolute atomic E-state index is 0.135. The standard InChI is InChI=1S/C8H6BrF4NO/c9-3-1-4(10)6(5(15)2-3)7(14)8(11,12)13/h1-2,7,15H,14H2/t7-/m1/s1. The number of phenolic OH excluding ortho intramolecular Hbond substituents is 1. The van der Waals surface area contributed by atoms with E-state index in [2.05, 4.69) is 15.9 Å². The molecule has 3 N–H and O–H groups in total. The van der Waals surface area contributed by atoms with Crippen LogP contribution in [0.2, 0.25) is 0 Å². The van der Waals surface area contributed by atoms with Crippen LogP contribution in [0.1, 0.15) is 11.6 Å². The Kier molecular flexibility index (Phi) is 3.25. The maximum atomic E-state index is 13.1. The SMILES string of the molecule is N[C@H](c1c(O)cc(Br)cc1F)C(F)(F)F. The van der Waals surface area contributed by atoms with Gasteiger partial charge in [0.05, 0.1) is 5.56 Å². The predicted molar refractivity (Wildman–Crippen MR) is 48.7 cm³/mol. The number of benzene rings is 1. The summed E-state index contributed by atoms with van der Waals surface area (Å²) in [5, 5.41) is 9.16. The van der Waals surface area contributed by atoms with Gasteiger partial charge in [0.2, 0.25) is 0 Å². The van der Waals surface area contributed by atoms with Crippen LogP contribution in [0.3, 0.4) is 0 Å². The van der Waals surface area contributed by atoms with E-state index in [4.69, 9.17) is 10.8 Å². The van der Waals surface area contributed by atoms with Crippen LogP contribution in [-0.4, -0.2) is 11.3 Å². The smallest absolute Gasteiger partial charge is 0.407 e. The first-order valence-corrected chi connectivity index (χ1v) is 4.53. The van der Waals surface area contributed by atoms with Gasteiger partial charge < -0.3 is 10.8 Å². The molecule has 0 amide bonds. The zero-order valence-corrected chi connectivity index (χ0v) is 8.73. The van der Waals surface area contributed by atoms with Crippen LogP contribution in [-0.2, 0) is 0 Å². The summed E-state index contributed by atoms with van der Waals surface area (Å²) < 4.78 is 49.8. The molecule has 0 heterocycles. The highest BCUT2D eigenvalue weighted by molar-refractivity contribution is 9.10. The monoisotopic (exact) mass is 287 g/mol. The second-order valence-electron chi connectivity index (χ2n) is 2.84. The second kappa shape index (κ2) is 3.97. The van der Waals surface area contributed by atoms with Gasteiger partial charge in [-0.1, -0.05) is 15.9 Å². The zero-order valence-electron chi connectivity index (χ0n) is 7.15. The van der Waals surface area contributed by atoms with Gasteiger partial charge in [-0.3, -0.25) is 0 Å². The van der Waals surface area contributed by atoms with Crippen LogP contribution in [0.15, 0.2) is 16.6 Å². The van der Waals surface area contributed by atoms with Crippen molar-refractivity contribution in [1.82, 2.24) is 0 Å². The zero-order chi connectivity index (χ0) is 11.8. The number of rotatable bonds is 1. The highest BCUT2D eigenvalue weighted by Crippen LogP contribution is 2.37. The van der Waals surface area contributed by atoms with Crippen molar-refractivity contribution in [2.45, 2.75) is 12.2 Å². The molecule has 84 valence electrons. The Balaban J connectivity index is 3.26. The fourth-order valence-electron chi connectivity index (χ4n) is 1.04. The van der Waals surface area contributed by atoms with E-state index < -0.39 is 29.3 Å². The molecule has 0 saturated heterocycles. The minimum atomic E-state index is -4.80. The molecule has 1 atom stereocenters. The lowest BCUT2D eigenvalue weighted by Crippen LogP contribution is -2.29. The Morgan fingerprint density at radius 2 is 1.87 bits per heavy atom. The largest absolute Gasteiger partial charge is 0.507 e.